The van der Waals surface area contributed by atoms with E-state index in [4.69, 9.17) is 10.7 Å². The van der Waals surface area contributed by atoms with Gasteiger partial charge in [0, 0.05) is 0 Å². The molecule has 0 N–H and O–H groups in total. The fourth-order valence-corrected chi connectivity index (χ4v) is 0. The van der Waals surface area contributed by atoms with Gasteiger partial charge in [-0.15, -0.1) is 0 Å². The van der Waals surface area contributed by atoms with Crippen molar-refractivity contribution in [1.29, 1.82) is 0 Å². The first kappa shape index (κ1) is 9.50. The van der Waals surface area contributed by atoms with Gasteiger partial charge in [-0.1, -0.05) is 0 Å². The van der Waals surface area contributed by atoms with Crippen molar-refractivity contribution in [1.82, 2.24) is 0 Å². The van der Waals surface area contributed by atoms with Gasteiger partial charge in [-0.05, 0) is 0 Å². The molecule has 0 aromatic rings. The fourth-order valence-electron chi connectivity index (χ4n) is 0. The Morgan fingerprint density at radius 1 is 1.40 bits per heavy atom. The first-order valence-corrected chi connectivity index (χ1v) is 2.52. The molecule has 0 unspecified atom stereocenters. The molecule has 0 aromatic carbocycles. The summed E-state index contributed by atoms with van der Waals surface area (Å²) in [5.41, 5.74) is 0. The van der Waals surface area contributed by atoms with E-state index in [0.717, 1.165) is 0 Å². The number of rotatable bonds is 0. The summed E-state index contributed by atoms with van der Waals surface area (Å²) in [4.78, 5) is 0. The van der Waals surface area contributed by atoms with Crippen molar-refractivity contribution >= 4 is 23.1 Å². The first-order chi connectivity index (χ1) is 1.73. The molecule has 24 valence electrons. The van der Waals surface area contributed by atoms with Crippen LogP contribution in [0.3, 0.4) is 0 Å². The summed E-state index contributed by atoms with van der Waals surface area (Å²) in [5, 5.41) is 0. The zero-order chi connectivity index (χ0) is 3.58. The summed E-state index contributed by atoms with van der Waals surface area (Å²) in [7, 11) is 0. The van der Waals surface area contributed by atoms with Gasteiger partial charge in [0.2, 0.25) is 0 Å². The first-order valence-electron chi connectivity index (χ1n) is 0.612. The van der Waals surface area contributed by atoms with Gasteiger partial charge in [0.25, 0.3) is 0 Å². The van der Waals surface area contributed by atoms with Crippen LogP contribution < -0.4 is 7.38 Å². The second-order valence-corrected chi connectivity index (χ2v) is 1.03. The molecule has 0 heterocycles. The van der Waals surface area contributed by atoms with Crippen LogP contribution in [0.4, 0.5) is 0 Å². The molecule has 0 radical (unpaired) electrons. The van der Waals surface area contributed by atoms with Crippen molar-refractivity contribution in [3.05, 3.63) is 0 Å². The van der Waals surface area contributed by atoms with Crippen molar-refractivity contribution < 1.29 is 29.3 Å². The quantitative estimate of drug-likeness (QED) is 0.323. The van der Waals surface area contributed by atoms with Crippen LogP contribution in [-0.2, 0) is 21.9 Å². The molecule has 5 heteroatoms. The third-order valence-electron chi connectivity index (χ3n) is 0. The summed E-state index contributed by atoms with van der Waals surface area (Å²) in [5.74, 6) is 0. The normalized spacial score (nSPS) is 5.20. The van der Waals surface area contributed by atoms with Crippen LogP contribution in [0.2, 0.25) is 0 Å². The minimum atomic E-state index is -4.08. The summed E-state index contributed by atoms with van der Waals surface area (Å²) in [6, 6.07) is 0. The van der Waals surface area contributed by atoms with Gasteiger partial charge >= 0.3 is 52.4 Å². The predicted molar refractivity (Wildman–Crippen MR) is 6.44 cm³/mol. The Labute approximate surface area is 52.3 Å². The Kier molecular flexibility index (Phi) is 9.89. The molecular formula is MgO3Ti. The Morgan fingerprint density at radius 3 is 1.40 bits per heavy atom. The molecule has 0 aliphatic carbocycles. The molecule has 5 heavy (non-hydrogen) atoms. The van der Waals surface area contributed by atoms with Gasteiger partial charge in [0.05, 0.1) is 0 Å². The van der Waals surface area contributed by atoms with E-state index in [0.29, 0.717) is 0 Å². The van der Waals surface area contributed by atoms with Gasteiger partial charge in [-0.2, -0.15) is 0 Å². The Morgan fingerprint density at radius 2 is 1.40 bits per heavy atom. The van der Waals surface area contributed by atoms with Crippen LogP contribution in [0.5, 0.6) is 0 Å². The van der Waals surface area contributed by atoms with E-state index >= 15 is 0 Å². The van der Waals surface area contributed by atoms with Crippen LogP contribution in [-0.4, -0.2) is 23.1 Å². The Hall–Kier alpha value is 1.20. The molecule has 0 fully saturated rings. The van der Waals surface area contributed by atoms with Crippen molar-refractivity contribution in [2.75, 3.05) is 0 Å². The van der Waals surface area contributed by atoms with Crippen molar-refractivity contribution in [2.45, 2.75) is 0 Å². The monoisotopic (exact) mass is 120 g/mol. The fraction of sp³-hybridized carbons (Fsp3) is 0. The molecule has 0 amide bonds. The topological polar surface area (TPSA) is 63.2 Å². The van der Waals surface area contributed by atoms with E-state index in [2.05, 4.69) is 0 Å². The molecule has 0 spiro atoms. The third kappa shape index (κ3) is 37.0. The molecule has 0 aromatic heterocycles. The number of hydrogen-bond donors (Lipinski definition) is 0. The number of hydrogen-bond acceptors (Lipinski definition) is 3. The van der Waals surface area contributed by atoms with Crippen molar-refractivity contribution in [2.24, 2.45) is 0 Å². The second-order valence-electron chi connectivity index (χ2n) is 0.250. The van der Waals surface area contributed by atoms with Crippen LogP contribution in [0.15, 0.2) is 0 Å². The maximum absolute atomic E-state index is 8.58. The molecular weight excluding hydrogens is 120 g/mol. The summed E-state index contributed by atoms with van der Waals surface area (Å²) < 4.78 is 25.8. The molecule has 0 aliphatic heterocycles. The summed E-state index contributed by atoms with van der Waals surface area (Å²) in [6.07, 6.45) is 0. The molecule has 0 atom stereocenters. The van der Waals surface area contributed by atoms with Crippen molar-refractivity contribution in [3.63, 3.8) is 0 Å². The molecule has 0 saturated carbocycles. The molecule has 0 rings (SSSR count). The third-order valence-corrected chi connectivity index (χ3v) is 0. The van der Waals surface area contributed by atoms with E-state index in [1.807, 2.05) is 0 Å². The standard InChI is InChI=1S/Mg.3O.Ti/q+2;;2*-1;. The van der Waals surface area contributed by atoms with Gasteiger partial charge < -0.3 is 0 Å². The van der Waals surface area contributed by atoms with Crippen LogP contribution in [0, 0.1) is 0 Å². The van der Waals surface area contributed by atoms with E-state index in [9.17, 15) is 0 Å². The zero-order valence-electron chi connectivity index (χ0n) is 2.43. The average molecular weight is 120 g/mol. The van der Waals surface area contributed by atoms with Gasteiger partial charge in [-0.3, -0.25) is 0 Å². The average Bonchev–Trinajstić information content (AvgIpc) is 0.811. The second kappa shape index (κ2) is 5.20. The van der Waals surface area contributed by atoms with Crippen molar-refractivity contribution in [3.8, 4) is 0 Å². The SMILES string of the molecule is [Mg+2].[O]=[Ti]([O-])[O-]. The van der Waals surface area contributed by atoms with Gasteiger partial charge in [0.1, 0.15) is 0 Å². The van der Waals surface area contributed by atoms with Crippen LogP contribution >= 0.6 is 0 Å². The molecule has 0 bridgehead atoms. The Bertz CT molecular complexity index is 29.9. The van der Waals surface area contributed by atoms with E-state index in [1.165, 1.54) is 0 Å². The van der Waals surface area contributed by atoms with Gasteiger partial charge in [0.15, 0.2) is 0 Å². The van der Waals surface area contributed by atoms with Crippen LogP contribution in [0.25, 0.3) is 0 Å². The van der Waals surface area contributed by atoms with E-state index < -0.39 is 18.6 Å². The molecule has 0 aliphatic rings. The maximum atomic E-state index is 8.58. The minimum absolute atomic E-state index is 0. The molecule has 0 saturated heterocycles. The summed E-state index contributed by atoms with van der Waals surface area (Å²) in [6.45, 7) is 0. The summed E-state index contributed by atoms with van der Waals surface area (Å²) >= 11 is -4.08. The van der Waals surface area contributed by atoms with E-state index in [1.54, 1.807) is 0 Å². The van der Waals surface area contributed by atoms with Gasteiger partial charge in [-0.25, -0.2) is 0 Å². The molecule has 3 nitrogen and oxygen atoms in total. The Balaban J connectivity index is 0. The van der Waals surface area contributed by atoms with Crippen LogP contribution in [0.1, 0.15) is 0 Å². The zero-order valence-corrected chi connectivity index (χ0v) is 5.41. The van der Waals surface area contributed by atoms with E-state index in [-0.39, 0.29) is 23.1 Å². The predicted octanol–water partition coefficient (Wildman–Crippen LogP) is -2.88.